The van der Waals surface area contributed by atoms with Crippen molar-refractivity contribution in [2.75, 3.05) is 0 Å². The van der Waals surface area contributed by atoms with Crippen LogP contribution in [0.3, 0.4) is 0 Å². The van der Waals surface area contributed by atoms with E-state index in [9.17, 15) is 8.42 Å². The molecule has 4 nitrogen and oxygen atoms in total. The summed E-state index contributed by atoms with van der Waals surface area (Å²) in [6.45, 7) is 0. The highest BCUT2D eigenvalue weighted by Gasteiger charge is 2.23. The van der Waals surface area contributed by atoms with Crippen molar-refractivity contribution in [3.05, 3.63) is 100 Å². The Labute approximate surface area is 179 Å². The standard InChI is InChI=1S/C22H20N2O2S3/c25-29(26,16-18-10-5-2-6-11-18)24-19(14-17-8-3-1-4-9-17)20-15-28-22(23-20)21-12-7-13-27-21/h1-13,15,19,24H,14,16H2/t19-/m0/s1. The molecule has 0 fully saturated rings. The maximum atomic E-state index is 12.9. The highest BCUT2D eigenvalue weighted by molar-refractivity contribution is 7.88. The lowest BCUT2D eigenvalue weighted by atomic mass is 10.1. The number of thiazole rings is 1. The topological polar surface area (TPSA) is 59.1 Å². The molecule has 148 valence electrons. The van der Waals surface area contributed by atoms with Gasteiger partial charge < -0.3 is 0 Å². The van der Waals surface area contributed by atoms with E-state index in [1.807, 2.05) is 83.6 Å². The maximum absolute atomic E-state index is 12.9. The fraction of sp³-hybridized carbons (Fsp3) is 0.136. The number of nitrogens with one attached hydrogen (secondary N) is 1. The van der Waals surface area contributed by atoms with Gasteiger partial charge in [0, 0.05) is 5.38 Å². The molecule has 1 N–H and O–H groups in total. The van der Waals surface area contributed by atoms with Crippen LogP contribution in [0.5, 0.6) is 0 Å². The monoisotopic (exact) mass is 440 g/mol. The molecule has 0 bridgehead atoms. The number of aromatic nitrogens is 1. The van der Waals surface area contributed by atoms with Crippen LogP contribution in [0.1, 0.15) is 22.9 Å². The Morgan fingerprint density at radius 1 is 0.862 bits per heavy atom. The molecule has 0 aliphatic carbocycles. The molecule has 29 heavy (non-hydrogen) atoms. The molecular weight excluding hydrogens is 420 g/mol. The van der Waals surface area contributed by atoms with Gasteiger partial charge in [-0.1, -0.05) is 66.7 Å². The highest BCUT2D eigenvalue weighted by Crippen LogP contribution is 2.31. The summed E-state index contributed by atoms with van der Waals surface area (Å²) in [5.74, 6) is -0.0545. The highest BCUT2D eigenvalue weighted by atomic mass is 32.2. The van der Waals surface area contributed by atoms with Gasteiger partial charge in [-0.25, -0.2) is 18.1 Å². The largest absolute Gasteiger partial charge is 0.239 e. The summed E-state index contributed by atoms with van der Waals surface area (Å²) in [5.41, 5.74) is 2.57. The van der Waals surface area contributed by atoms with Crippen molar-refractivity contribution in [2.24, 2.45) is 0 Å². The predicted molar refractivity (Wildman–Crippen MR) is 121 cm³/mol. The number of benzene rings is 2. The van der Waals surface area contributed by atoms with E-state index in [1.165, 1.54) is 0 Å². The van der Waals surface area contributed by atoms with Crippen molar-refractivity contribution in [2.45, 2.75) is 18.2 Å². The lowest BCUT2D eigenvalue weighted by Crippen LogP contribution is -2.31. The zero-order valence-corrected chi connectivity index (χ0v) is 18.0. The minimum Gasteiger partial charge on any atom is -0.239 e. The number of sulfonamides is 1. The second-order valence-corrected chi connectivity index (χ2v) is 10.2. The Hall–Kier alpha value is -2.32. The van der Waals surface area contributed by atoms with E-state index >= 15 is 0 Å². The Morgan fingerprint density at radius 2 is 1.55 bits per heavy atom. The first-order chi connectivity index (χ1) is 14.1. The quantitative estimate of drug-likeness (QED) is 0.406. The summed E-state index contributed by atoms with van der Waals surface area (Å²) in [4.78, 5) is 5.83. The van der Waals surface area contributed by atoms with Gasteiger partial charge in [0.05, 0.1) is 22.4 Å². The van der Waals surface area contributed by atoms with E-state index in [0.717, 1.165) is 26.7 Å². The fourth-order valence-corrected chi connectivity index (χ4v) is 6.11. The molecule has 4 aromatic rings. The molecule has 1 atom stereocenters. The molecule has 2 heterocycles. The number of hydrogen-bond donors (Lipinski definition) is 1. The molecule has 0 saturated heterocycles. The lowest BCUT2D eigenvalue weighted by molar-refractivity contribution is 0.550. The molecule has 2 aromatic heterocycles. The van der Waals surface area contributed by atoms with Crippen molar-refractivity contribution < 1.29 is 8.42 Å². The van der Waals surface area contributed by atoms with Gasteiger partial charge in [-0.05, 0) is 29.0 Å². The molecule has 4 rings (SSSR count). The Morgan fingerprint density at radius 3 is 2.21 bits per heavy atom. The van der Waals surface area contributed by atoms with Crippen LogP contribution in [-0.2, 0) is 22.2 Å². The second-order valence-electron chi connectivity index (χ2n) is 6.66. The van der Waals surface area contributed by atoms with Crippen LogP contribution in [0.4, 0.5) is 0 Å². The Bertz CT molecular complexity index is 1140. The van der Waals surface area contributed by atoms with E-state index < -0.39 is 16.1 Å². The normalized spacial score (nSPS) is 12.7. The zero-order valence-electron chi connectivity index (χ0n) is 15.6. The van der Waals surface area contributed by atoms with E-state index in [2.05, 4.69) is 4.72 Å². The van der Waals surface area contributed by atoms with Crippen molar-refractivity contribution in [1.29, 1.82) is 0 Å². The van der Waals surface area contributed by atoms with Crippen molar-refractivity contribution >= 4 is 32.7 Å². The van der Waals surface area contributed by atoms with E-state index in [-0.39, 0.29) is 5.75 Å². The lowest BCUT2D eigenvalue weighted by Gasteiger charge is -2.17. The van der Waals surface area contributed by atoms with Gasteiger partial charge in [-0.2, -0.15) is 0 Å². The van der Waals surface area contributed by atoms with Gasteiger partial charge in [0.15, 0.2) is 0 Å². The maximum Gasteiger partial charge on any atom is 0.216 e. The van der Waals surface area contributed by atoms with E-state index in [1.54, 1.807) is 22.7 Å². The molecule has 0 unspecified atom stereocenters. The van der Waals surface area contributed by atoms with Crippen molar-refractivity contribution in [1.82, 2.24) is 9.71 Å². The minimum atomic E-state index is -3.53. The molecular formula is C22H20N2O2S3. The first kappa shape index (κ1) is 20.0. The molecule has 0 aliphatic rings. The van der Waals surface area contributed by atoms with Gasteiger partial charge in [0.2, 0.25) is 10.0 Å². The number of nitrogens with zero attached hydrogens (tertiary/aromatic N) is 1. The number of hydrogen-bond acceptors (Lipinski definition) is 5. The average molecular weight is 441 g/mol. The second kappa shape index (κ2) is 9.00. The summed E-state index contributed by atoms with van der Waals surface area (Å²) >= 11 is 3.17. The van der Waals surface area contributed by atoms with Gasteiger partial charge in [0.25, 0.3) is 0 Å². The van der Waals surface area contributed by atoms with Crippen LogP contribution in [0, 0.1) is 0 Å². The Kier molecular flexibility index (Phi) is 6.20. The smallest absolute Gasteiger partial charge is 0.216 e. The summed E-state index contributed by atoms with van der Waals surface area (Å²) in [5, 5.41) is 4.88. The minimum absolute atomic E-state index is 0.0545. The third kappa shape index (κ3) is 5.39. The van der Waals surface area contributed by atoms with Crippen LogP contribution in [0.2, 0.25) is 0 Å². The summed E-state index contributed by atoms with van der Waals surface area (Å²) in [6.07, 6.45) is 0.544. The van der Waals surface area contributed by atoms with E-state index in [0.29, 0.717) is 6.42 Å². The molecule has 0 aliphatic heterocycles. The van der Waals surface area contributed by atoms with Gasteiger partial charge in [-0.15, -0.1) is 22.7 Å². The first-order valence-corrected chi connectivity index (χ1v) is 12.6. The van der Waals surface area contributed by atoms with Gasteiger partial charge in [0.1, 0.15) is 5.01 Å². The van der Waals surface area contributed by atoms with Crippen LogP contribution in [0.15, 0.2) is 83.6 Å². The van der Waals surface area contributed by atoms with Gasteiger partial charge >= 0.3 is 0 Å². The van der Waals surface area contributed by atoms with Gasteiger partial charge in [-0.3, -0.25) is 0 Å². The van der Waals surface area contributed by atoms with Crippen molar-refractivity contribution in [3.8, 4) is 9.88 Å². The zero-order chi connectivity index (χ0) is 20.1. The predicted octanol–water partition coefficient (Wildman–Crippen LogP) is 5.28. The molecule has 7 heteroatoms. The summed E-state index contributed by atoms with van der Waals surface area (Å²) in [7, 11) is -3.53. The number of thiophene rings is 1. The summed E-state index contributed by atoms with van der Waals surface area (Å²) < 4.78 is 28.6. The van der Waals surface area contributed by atoms with Crippen molar-refractivity contribution in [3.63, 3.8) is 0 Å². The fourth-order valence-electron chi connectivity index (χ4n) is 3.07. The van der Waals surface area contributed by atoms with Crippen LogP contribution < -0.4 is 4.72 Å². The number of rotatable bonds is 8. The third-order valence-corrected chi connectivity index (χ3v) is 7.67. The first-order valence-electron chi connectivity index (χ1n) is 9.16. The SMILES string of the molecule is O=S(=O)(Cc1ccccc1)N[C@@H](Cc1ccccc1)c1csc(-c2cccs2)n1. The van der Waals surface area contributed by atoms with E-state index in [4.69, 9.17) is 4.98 Å². The average Bonchev–Trinajstić information content (AvgIpc) is 3.40. The molecule has 0 spiro atoms. The molecule has 0 amide bonds. The molecule has 0 radical (unpaired) electrons. The molecule has 0 saturated carbocycles. The Balaban J connectivity index is 1.60. The van der Waals surface area contributed by atoms with Crippen LogP contribution in [-0.4, -0.2) is 13.4 Å². The summed E-state index contributed by atoms with van der Waals surface area (Å²) in [6, 6.07) is 22.7. The molecule has 2 aromatic carbocycles. The third-order valence-electron chi connectivity index (χ3n) is 4.41. The van der Waals surface area contributed by atoms with Crippen LogP contribution >= 0.6 is 22.7 Å². The van der Waals surface area contributed by atoms with Crippen LogP contribution in [0.25, 0.3) is 9.88 Å².